The highest BCUT2D eigenvalue weighted by Gasteiger charge is 2.27. The zero-order valence-electron chi connectivity index (χ0n) is 6.47. The van der Waals surface area contributed by atoms with Crippen molar-refractivity contribution in [1.29, 1.82) is 0 Å². The number of ketones is 1. The van der Waals surface area contributed by atoms with Gasteiger partial charge in [-0.2, -0.15) is 0 Å². The van der Waals surface area contributed by atoms with Gasteiger partial charge in [-0.25, -0.2) is 0 Å². The van der Waals surface area contributed by atoms with Gasteiger partial charge >= 0.3 is 0 Å². The Morgan fingerprint density at radius 1 is 1.70 bits per heavy atom. The summed E-state index contributed by atoms with van der Waals surface area (Å²) < 4.78 is 0. The fourth-order valence-electron chi connectivity index (χ4n) is 1.30. The lowest BCUT2D eigenvalue weighted by molar-refractivity contribution is -0.121. The Balaban J connectivity index is 2.31. The Hall–Kier alpha value is -0.370. The van der Waals surface area contributed by atoms with Gasteiger partial charge in [0.05, 0.1) is 6.04 Å². The zero-order valence-corrected chi connectivity index (χ0v) is 6.47. The minimum Gasteiger partial charge on any atom is -0.321 e. The molecule has 0 aromatic carbocycles. The molecule has 1 aliphatic carbocycles. The fourth-order valence-corrected chi connectivity index (χ4v) is 1.30. The average molecular weight is 141 g/mol. The molecule has 1 rings (SSSR count). The summed E-state index contributed by atoms with van der Waals surface area (Å²) in [5.74, 6) is 0.733. The van der Waals surface area contributed by atoms with E-state index in [1.165, 1.54) is 6.42 Å². The molecule has 1 saturated carbocycles. The Morgan fingerprint density at radius 2 is 2.30 bits per heavy atom. The number of hydrogen-bond donors (Lipinski definition) is 1. The first-order chi connectivity index (χ1) is 4.75. The second kappa shape index (κ2) is 3.15. The van der Waals surface area contributed by atoms with Gasteiger partial charge in [0.2, 0.25) is 0 Å². The second-order valence-electron chi connectivity index (χ2n) is 3.04. The molecule has 2 heteroatoms. The molecule has 0 aromatic heterocycles. The number of carbonyl (C=O) groups excluding carboxylic acids is 1. The van der Waals surface area contributed by atoms with Crippen molar-refractivity contribution in [2.45, 2.75) is 38.6 Å². The van der Waals surface area contributed by atoms with Crippen molar-refractivity contribution in [2.24, 2.45) is 11.7 Å². The van der Waals surface area contributed by atoms with Gasteiger partial charge in [0.25, 0.3) is 0 Å². The van der Waals surface area contributed by atoms with Crippen molar-refractivity contribution in [3.8, 4) is 0 Å². The van der Waals surface area contributed by atoms with Crippen LogP contribution in [0.3, 0.4) is 0 Å². The van der Waals surface area contributed by atoms with E-state index in [1.54, 1.807) is 0 Å². The molecule has 0 heterocycles. The predicted octanol–water partition coefficient (Wildman–Crippen LogP) is 1.09. The summed E-state index contributed by atoms with van der Waals surface area (Å²) in [7, 11) is 0. The van der Waals surface area contributed by atoms with E-state index in [9.17, 15) is 4.79 Å². The van der Waals surface area contributed by atoms with Crippen molar-refractivity contribution < 1.29 is 4.79 Å². The van der Waals surface area contributed by atoms with E-state index in [2.05, 4.69) is 0 Å². The molecule has 1 unspecified atom stereocenters. The fraction of sp³-hybridized carbons (Fsp3) is 0.875. The second-order valence-corrected chi connectivity index (χ2v) is 3.04. The maximum Gasteiger partial charge on any atom is 0.149 e. The Kier molecular flexibility index (Phi) is 2.44. The quantitative estimate of drug-likeness (QED) is 0.639. The van der Waals surface area contributed by atoms with E-state index < -0.39 is 0 Å². The highest BCUT2D eigenvalue weighted by molar-refractivity contribution is 5.83. The maximum atomic E-state index is 11.0. The monoisotopic (exact) mass is 141 g/mol. The number of hydrogen-bond acceptors (Lipinski definition) is 2. The van der Waals surface area contributed by atoms with Crippen LogP contribution < -0.4 is 5.73 Å². The largest absolute Gasteiger partial charge is 0.321 e. The van der Waals surface area contributed by atoms with Crippen LogP contribution in [-0.4, -0.2) is 11.8 Å². The van der Waals surface area contributed by atoms with Gasteiger partial charge in [-0.05, 0) is 18.8 Å². The molecule has 10 heavy (non-hydrogen) atoms. The van der Waals surface area contributed by atoms with Crippen LogP contribution in [0.15, 0.2) is 0 Å². The lowest BCUT2D eigenvalue weighted by atomic mass is 9.78. The van der Waals surface area contributed by atoms with Crippen LogP contribution >= 0.6 is 0 Å². The molecule has 2 N–H and O–H groups in total. The minimum absolute atomic E-state index is 0.154. The normalized spacial score (nSPS) is 21.8. The molecule has 0 radical (unpaired) electrons. The summed E-state index contributed by atoms with van der Waals surface area (Å²) in [4.78, 5) is 11.0. The average Bonchev–Trinajstić information content (AvgIpc) is 1.82. The van der Waals surface area contributed by atoms with Crippen LogP contribution in [0.1, 0.15) is 32.6 Å². The van der Waals surface area contributed by atoms with Crippen molar-refractivity contribution in [3.63, 3.8) is 0 Å². The Bertz CT molecular complexity index is 129. The van der Waals surface area contributed by atoms with E-state index in [-0.39, 0.29) is 11.8 Å². The van der Waals surface area contributed by atoms with E-state index in [0.717, 1.165) is 12.8 Å². The summed E-state index contributed by atoms with van der Waals surface area (Å²) >= 11 is 0. The third-order valence-electron chi connectivity index (χ3n) is 2.38. The third-order valence-corrected chi connectivity index (χ3v) is 2.38. The summed E-state index contributed by atoms with van der Waals surface area (Å²) in [6, 6.07) is -0.154. The molecular weight excluding hydrogens is 126 g/mol. The van der Waals surface area contributed by atoms with Crippen LogP contribution in [0.25, 0.3) is 0 Å². The number of rotatable bonds is 3. The van der Waals surface area contributed by atoms with Crippen LogP contribution in [0.2, 0.25) is 0 Å². The minimum atomic E-state index is -0.154. The molecule has 58 valence electrons. The van der Waals surface area contributed by atoms with E-state index in [1.807, 2.05) is 6.92 Å². The predicted molar refractivity (Wildman–Crippen MR) is 40.6 cm³/mol. The lowest BCUT2D eigenvalue weighted by Gasteiger charge is -2.29. The maximum absolute atomic E-state index is 11.0. The molecule has 0 saturated heterocycles. The molecular formula is C8H15NO. The van der Waals surface area contributed by atoms with E-state index in [0.29, 0.717) is 12.3 Å². The Labute approximate surface area is 61.8 Å². The summed E-state index contributed by atoms with van der Waals surface area (Å²) in [6.07, 6.45) is 4.17. The van der Waals surface area contributed by atoms with Crippen LogP contribution in [0.4, 0.5) is 0 Å². The molecule has 2 nitrogen and oxygen atoms in total. The van der Waals surface area contributed by atoms with Crippen LogP contribution in [-0.2, 0) is 4.79 Å². The Morgan fingerprint density at radius 3 is 2.60 bits per heavy atom. The molecule has 1 aliphatic rings. The van der Waals surface area contributed by atoms with Gasteiger partial charge in [0.1, 0.15) is 5.78 Å². The smallest absolute Gasteiger partial charge is 0.149 e. The molecule has 0 bridgehead atoms. The highest BCUT2D eigenvalue weighted by atomic mass is 16.1. The van der Waals surface area contributed by atoms with Gasteiger partial charge in [-0.1, -0.05) is 13.3 Å². The van der Waals surface area contributed by atoms with Gasteiger partial charge < -0.3 is 5.73 Å². The van der Waals surface area contributed by atoms with Gasteiger partial charge in [-0.15, -0.1) is 0 Å². The summed E-state index contributed by atoms with van der Waals surface area (Å²) in [5.41, 5.74) is 5.68. The first-order valence-corrected chi connectivity index (χ1v) is 4.04. The first-order valence-electron chi connectivity index (χ1n) is 4.04. The number of carbonyl (C=O) groups is 1. The summed E-state index contributed by atoms with van der Waals surface area (Å²) in [6.45, 7) is 1.88. The molecule has 1 atom stereocenters. The third kappa shape index (κ3) is 1.37. The molecule has 0 aliphatic heterocycles. The first kappa shape index (κ1) is 7.73. The van der Waals surface area contributed by atoms with Crippen molar-refractivity contribution in [3.05, 3.63) is 0 Å². The molecule has 0 aromatic rings. The van der Waals surface area contributed by atoms with Gasteiger partial charge in [0, 0.05) is 6.42 Å². The SMILES string of the molecule is CCC(=O)C(N)C1CCC1. The highest BCUT2D eigenvalue weighted by Crippen LogP contribution is 2.29. The molecule has 0 spiro atoms. The lowest BCUT2D eigenvalue weighted by Crippen LogP contribution is -2.40. The van der Waals surface area contributed by atoms with Crippen molar-refractivity contribution in [1.82, 2.24) is 0 Å². The standard InChI is InChI=1S/C8H15NO/c1-2-7(10)8(9)6-4-3-5-6/h6,8H,2-5,9H2,1H3. The van der Waals surface area contributed by atoms with E-state index in [4.69, 9.17) is 5.73 Å². The number of nitrogens with two attached hydrogens (primary N) is 1. The molecule has 1 fully saturated rings. The topological polar surface area (TPSA) is 43.1 Å². The van der Waals surface area contributed by atoms with Crippen molar-refractivity contribution >= 4 is 5.78 Å². The summed E-state index contributed by atoms with van der Waals surface area (Å²) in [5, 5.41) is 0. The van der Waals surface area contributed by atoms with Crippen LogP contribution in [0, 0.1) is 5.92 Å². The number of Topliss-reactive ketones (excluding diaryl/α,β-unsaturated/α-hetero) is 1. The zero-order chi connectivity index (χ0) is 7.56. The van der Waals surface area contributed by atoms with Gasteiger partial charge in [0.15, 0.2) is 0 Å². The van der Waals surface area contributed by atoms with Crippen molar-refractivity contribution in [2.75, 3.05) is 0 Å². The van der Waals surface area contributed by atoms with E-state index >= 15 is 0 Å². The van der Waals surface area contributed by atoms with Crippen LogP contribution in [0.5, 0.6) is 0 Å². The van der Waals surface area contributed by atoms with Gasteiger partial charge in [-0.3, -0.25) is 4.79 Å². The molecule has 0 amide bonds.